The lowest BCUT2D eigenvalue weighted by atomic mass is 9.90. The number of rotatable bonds is 11. The van der Waals surface area contributed by atoms with Gasteiger partial charge in [0.1, 0.15) is 0 Å². The summed E-state index contributed by atoms with van der Waals surface area (Å²) in [5.74, 6) is -1.98. The largest absolute Gasteiger partial charge is 0.477 e. The number of halogens is 4. The van der Waals surface area contributed by atoms with Crippen LogP contribution in [0.15, 0.2) is 49.1 Å². The van der Waals surface area contributed by atoms with Gasteiger partial charge in [0.15, 0.2) is 23.9 Å². The van der Waals surface area contributed by atoms with Gasteiger partial charge in [-0.15, -0.1) is 0 Å². The molecule has 4 aliphatic heterocycles. The summed E-state index contributed by atoms with van der Waals surface area (Å²) in [6, 6.07) is 5.86. The maximum Gasteiger partial charge on any atom is 0.435 e. The number of piperazine rings is 2. The van der Waals surface area contributed by atoms with Crippen LogP contribution in [0.1, 0.15) is 49.9 Å². The molecule has 4 saturated heterocycles. The monoisotopic (exact) mass is 962 g/mol. The number of nitrogens with one attached hydrogen (secondary N) is 3. The highest BCUT2D eigenvalue weighted by molar-refractivity contribution is 6.34. The lowest BCUT2D eigenvalue weighted by Gasteiger charge is -2.46. The van der Waals surface area contributed by atoms with Crippen molar-refractivity contribution in [2.45, 2.75) is 19.0 Å². The molecule has 0 bridgehead atoms. The highest BCUT2D eigenvalue weighted by atomic mass is 35.5. The molecule has 8 heterocycles. The van der Waals surface area contributed by atoms with E-state index in [1.54, 1.807) is 20.9 Å². The first kappa shape index (κ1) is 46.7. The number of hydrogen-bond donors (Lipinski definition) is 4. The Hall–Kier alpha value is -6.36. The highest BCUT2D eigenvalue weighted by Gasteiger charge is 2.43. The Kier molecular flexibility index (Phi) is 12.8. The number of hydrogen-bond acceptors (Lipinski definition) is 10. The summed E-state index contributed by atoms with van der Waals surface area (Å²) in [5, 5.41) is 20.0. The van der Waals surface area contributed by atoms with E-state index in [4.69, 9.17) is 11.6 Å². The van der Waals surface area contributed by atoms with Gasteiger partial charge < -0.3 is 49.4 Å². The number of imidazole rings is 1. The van der Waals surface area contributed by atoms with E-state index >= 15 is 0 Å². The van der Waals surface area contributed by atoms with Crippen molar-refractivity contribution in [2.24, 2.45) is 18.9 Å². The van der Waals surface area contributed by atoms with Crippen molar-refractivity contribution in [3.63, 3.8) is 0 Å². The van der Waals surface area contributed by atoms with Gasteiger partial charge in [-0.25, -0.2) is 19.4 Å². The zero-order valence-corrected chi connectivity index (χ0v) is 38.3. The number of aliphatic carboxylic acids is 1. The van der Waals surface area contributed by atoms with Gasteiger partial charge >= 0.3 is 12.1 Å². The average molecular weight is 963 g/mol. The van der Waals surface area contributed by atoms with Crippen molar-refractivity contribution in [1.29, 1.82) is 0 Å². The Morgan fingerprint density at radius 2 is 1.54 bits per heavy atom. The Labute approximate surface area is 393 Å². The fraction of sp³-hybridized carbons (Fsp3) is 0.467. The van der Waals surface area contributed by atoms with Gasteiger partial charge in [-0.05, 0) is 25.2 Å². The number of nitrogens with zero attached hydrogens (tertiary/aromatic N) is 10. The molecule has 0 spiro atoms. The molecule has 360 valence electrons. The predicted octanol–water partition coefficient (Wildman–Crippen LogP) is 3.28. The van der Waals surface area contributed by atoms with Crippen LogP contribution in [-0.4, -0.2) is 187 Å². The van der Waals surface area contributed by atoms with E-state index in [1.165, 1.54) is 42.1 Å². The second kappa shape index (κ2) is 18.6. The molecule has 0 unspecified atom stereocenters. The van der Waals surface area contributed by atoms with Crippen LogP contribution in [0.5, 0.6) is 0 Å². The fourth-order valence-electron chi connectivity index (χ4n) is 9.84. The van der Waals surface area contributed by atoms with E-state index in [2.05, 4.69) is 35.6 Å². The molecule has 23 heteroatoms. The number of benzene rings is 1. The zero-order chi connectivity index (χ0) is 48.1. The van der Waals surface area contributed by atoms with Gasteiger partial charge in [0.05, 0.1) is 58.8 Å². The summed E-state index contributed by atoms with van der Waals surface area (Å²) in [6.45, 7) is 7.78. The predicted molar refractivity (Wildman–Crippen MR) is 242 cm³/mol. The highest BCUT2D eigenvalue weighted by Crippen LogP contribution is 2.37. The number of fused-ring (bicyclic) bond motifs is 1. The number of pyridine rings is 1. The van der Waals surface area contributed by atoms with Crippen LogP contribution in [0.2, 0.25) is 5.02 Å². The van der Waals surface area contributed by atoms with Crippen molar-refractivity contribution in [3.05, 3.63) is 76.7 Å². The van der Waals surface area contributed by atoms with Crippen LogP contribution in [0.3, 0.4) is 0 Å². The molecule has 4 fully saturated rings. The summed E-state index contributed by atoms with van der Waals surface area (Å²) in [7, 11) is 3.38. The SMILES string of the molecule is CN1CCN(C(=O)c2c[nH]c3cc(-n4cc(-c5cnc(C(=O)Nc6ccc(C(=O)N7CCN(C(=O)C8CC[N+](CC(=O)O)(CC9CNC9)CC8)CC7)c(Cl)c6)n5C)c(C(F)(F)F)n4)ncc23)CC1. The van der Waals surface area contributed by atoms with Crippen LogP contribution in [0.4, 0.5) is 18.9 Å². The Bertz CT molecular complexity index is 2760. The van der Waals surface area contributed by atoms with Crippen LogP contribution < -0.4 is 10.6 Å². The molecule has 4 aromatic heterocycles. The quantitative estimate of drug-likeness (QED) is 0.141. The van der Waals surface area contributed by atoms with Gasteiger partial charge in [0, 0.05) is 133 Å². The first-order valence-corrected chi connectivity index (χ1v) is 23.0. The zero-order valence-electron chi connectivity index (χ0n) is 37.6. The molecule has 19 nitrogen and oxygen atoms in total. The second-order valence-electron chi connectivity index (χ2n) is 18.3. The fourth-order valence-corrected chi connectivity index (χ4v) is 10.1. The van der Waals surface area contributed by atoms with Crippen LogP contribution in [-0.2, 0) is 22.8 Å². The number of piperidine rings is 1. The third kappa shape index (κ3) is 9.41. The molecular formula is C45H52ClF3N13O6+. The summed E-state index contributed by atoms with van der Waals surface area (Å²) < 4.78 is 46.3. The number of aromatic amines is 1. The van der Waals surface area contributed by atoms with E-state index in [9.17, 15) is 42.3 Å². The van der Waals surface area contributed by atoms with Crippen LogP contribution in [0, 0.1) is 11.8 Å². The van der Waals surface area contributed by atoms with Crippen molar-refractivity contribution in [1.82, 2.24) is 54.2 Å². The number of aromatic nitrogens is 6. The molecule has 4 aliphatic rings. The molecule has 68 heavy (non-hydrogen) atoms. The van der Waals surface area contributed by atoms with Gasteiger partial charge in [-0.2, -0.15) is 18.3 Å². The molecule has 0 saturated carbocycles. The first-order chi connectivity index (χ1) is 32.5. The number of likely N-dealkylation sites (N-methyl/N-ethyl adjacent to an activating group) is 1. The average Bonchev–Trinajstić information content (AvgIpc) is 4.04. The minimum atomic E-state index is -4.89. The summed E-state index contributed by atoms with van der Waals surface area (Å²) in [5.41, 5.74) is -0.347. The normalized spacial score (nSPS) is 20.7. The Morgan fingerprint density at radius 3 is 2.18 bits per heavy atom. The molecule has 5 aromatic rings. The van der Waals surface area contributed by atoms with Gasteiger partial charge in [0.25, 0.3) is 17.7 Å². The number of amides is 4. The van der Waals surface area contributed by atoms with Crippen LogP contribution in [0.25, 0.3) is 28.0 Å². The van der Waals surface area contributed by atoms with Gasteiger partial charge in [0.2, 0.25) is 5.91 Å². The number of carboxylic acid groups (broad SMARTS) is 1. The molecule has 4 amide bonds. The lowest BCUT2D eigenvalue weighted by molar-refractivity contribution is -0.929. The Balaban J connectivity index is 0.825. The first-order valence-electron chi connectivity index (χ1n) is 22.6. The van der Waals surface area contributed by atoms with Crippen LogP contribution >= 0.6 is 11.6 Å². The van der Waals surface area contributed by atoms with E-state index in [1.807, 2.05) is 7.05 Å². The number of likely N-dealkylation sites (tertiary alicyclic amines) is 1. The molecule has 0 atom stereocenters. The molecule has 9 rings (SSSR count). The standard InChI is InChI=1S/C45H51ClF3N13O6/c1-56-7-9-59(10-8-56)44(68)32-22-51-35-18-37(52-21-31(32)35)61-24-33(39(55-61)45(47,48)49)36-23-53-40(57(36)2)41(65)54-29-3-4-30(34(46)17-29)43(67)60-13-11-58(12-14-60)42(66)28-5-15-62(16-6-28,26-38(63)64)25-27-19-50-20-27/h3-4,17-18,21-24,27-28,50H,5-16,19-20,25-26H2,1-2H3,(H2-,51,52,54,63,64,65,67,68)/p+1. The topological polar surface area (TPSA) is 207 Å². The number of alkyl halides is 3. The van der Waals surface area contributed by atoms with Crippen molar-refractivity contribution in [3.8, 4) is 17.1 Å². The number of quaternary nitrogens is 1. The third-order valence-electron chi connectivity index (χ3n) is 13.8. The minimum absolute atomic E-state index is 0.0261. The summed E-state index contributed by atoms with van der Waals surface area (Å²) in [6.07, 6.45) is 1.62. The van der Waals surface area contributed by atoms with Crippen molar-refractivity contribution >= 4 is 57.8 Å². The molecule has 0 aliphatic carbocycles. The molecule has 0 radical (unpaired) electrons. The molecular weight excluding hydrogens is 911 g/mol. The second-order valence-corrected chi connectivity index (χ2v) is 18.7. The van der Waals surface area contributed by atoms with Gasteiger partial charge in [-0.1, -0.05) is 11.6 Å². The number of carboxylic acids is 1. The number of carbonyl (C=O) groups excluding carboxylic acids is 4. The summed E-state index contributed by atoms with van der Waals surface area (Å²) >= 11 is 6.60. The maximum atomic E-state index is 14.5. The van der Waals surface area contributed by atoms with E-state index in [-0.39, 0.29) is 82.4 Å². The van der Waals surface area contributed by atoms with E-state index in [0.717, 1.165) is 49.8 Å². The van der Waals surface area contributed by atoms with Gasteiger partial charge in [-0.3, -0.25) is 19.2 Å². The van der Waals surface area contributed by atoms with Crippen molar-refractivity contribution < 1.29 is 46.7 Å². The Morgan fingerprint density at radius 1 is 0.882 bits per heavy atom. The van der Waals surface area contributed by atoms with Crippen molar-refractivity contribution in [2.75, 3.05) is 104 Å². The minimum Gasteiger partial charge on any atom is -0.477 e. The lowest BCUT2D eigenvalue weighted by Crippen LogP contribution is -2.62. The number of anilines is 1. The molecule has 4 N–H and O–H groups in total. The third-order valence-corrected chi connectivity index (χ3v) is 14.1. The number of carbonyl (C=O) groups is 5. The molecule has 1 aromatic carbocycles. The van der Waals surface area contributed by atoms with E-state index in [0.29, 0.717) is 79.0 Å². The number of H-pyrrole nitrogens is 1. The maximum absolute atomic E-state index is 14.5. The van der Waals surface area contributed by atoms with E-state index < -0.39 is 23.7 Å². The summed E-state index contributed by atoms with van der Waals surface area (Å²) in [4.78, 5) is 84.6. The smallest absolute Gasteiger partial charge is 0.435 e.